The van der Waals surface area contributed by atoms with Crippen LogP contribution in [0.25, 0.3) is 0 Å². The number of benzene rings is 1. The van der Waals surface area contributed by atoms with Gasteiger partial charge in [-0.15, -0.1) is 0 Å². The number of sulfonamides is 1. The van der Waals surface area contributed by atoms with Gasteiger partial charge in [-0.2, -0.15) is 5.10 Å². The summed E-state index contributed by atoms with van der Waals surface area (Å²) in [6.07, 6.45) is 2.77. The number of hydrogen-bond donors (Lipinski definition) is 1. The molecule has 1 N–H and O–H groups in total. The van der Waals surface area contributed by atoms with Crippen molar-refractivity contribution < 1.29 is 13.2 Å². The maximum absolute atomic E-state index is 12.5. The smallest absolute Gasteiger partial charge is 0.267 e. The average Bonchev–Trinajstić information content (AvgIpc) is 3.34. The molecule has 0 bridgehead atoms. The fraction of sp³-hybridized carbons (Fsp3) is 0.389. The standard InChI is InChI=1S/C18H18N4O4S/c23-17-8-11-4-3-6-13(11)20-22(17)15-10-26-9-14(15)19-18-12-5-1-2-7-16(12)27(24,25)21-18/h1-2,5,7-8,14-15H,3-4,6,9-10H2,(H,19,21). The second kappa shape index (κ2) is 6.00. The third-order valence-corrected chi connectivity index (χ3v) is 6.67. The van der Waals surface area contributed by atoms with Gasteiger partial charge in [-0.05, 0) is 37.0 Å². The number of ether oxygens (including phenoxy) is 1. The van der Waals surface area contributed by atoms with Crippen molar-refractivity contribution in [3.05, 3.63) is 57.5 Å². The molecule has 0 amide bonds. The zero-order valence-corrected chi connectivity index (χ0v) is 15.3. The number of aromatic nitrogens is 2. The average molecular weight is 386 g/mol. The maximum Gasteiger partial charge on any atom is 0.267 e. The molecule has 1 saturated heterocycles. The molecule has 0 saturated carbocycles. The van der Waals surface area contributed by atoms with Gasteiger partial charge in [-0.25, -0.2) is 13.1 Å². The zero-order chi connectivity index (χ0) is 18.6. The van der Waals surface area contributed by atoms with Crippen LogP contribution in [0, 0.1) is 0 Å². The van der Waals surface area contributed by atoms with Crippen molar-refractivity contribution in [2.45, 2.75) is 36.2 Å². The van der Waals surface area contributed by atoms with E-state index < -0.39 is 16.1 Å². The Bertz CT molecular complexity index is 1120. The van der Waals surface area contributed by atoms with E-state index in [0.29, 0.717) is 24.6 Å². The van der Waals surface area contributed by atoms with Crippen LogP contribution in [0.5, 0.6) is 0 Å². The third-order valence-electron chi connectivity index (χ3n) is 5.28. The number of nitrogens with one attached hydrogen (secondary N) is 1. The van der Waals surface area contributed by atoms with E-state index in [4.69, 9.17) is 4.74 Å². The summed E-state index contributed by atoms with van der Waals surface area (Å²) >= 11 is 0. The van der Waals surface area contributed by atoms with E-state index in [1.54, 1.807) is 30.3 Å². The molecule has 0 spiro atoms. The van der Waals surface area contributed by atoms with Gasteiger partial charge in [-0.3, -0.25) is 14.5 Å². The van der Waals surface area contributed by atoms with E-state index in [1.807, 2.05) is 0 Å². The molecule has 8 nitrogen and oxygen atoms in total. The number of aryl methyl sites for hydroxylation is 2. The Balaban J connectivity index is 1.54. The van der Waals surface area contributed by atoms with Crippen LogP contribution in [0.3, 0.4) is 0 Å². The minimum Gasteiger partial charge on any atom is -0.377 e. The Kier molecular flexibility index (Phi) is 3.70. The van der Waals surface area contributed by atoms with Crippen LogP contribution in [-0.4, -0.2) is 43.3 Å². The van der Waals surface area contributed by atoms with Crippen LogP contribution in [0.2, 0.25) is 0 Å². The highest BCUT2D eigenvalue weighted by Gasteiger charge is 2.36. The number of aliphatic imine (C=N–C) groups is 1. The molecule has 1 aliphatic carbocycles. The highest BCUT2D eigenvalue weighted by atomic mass is 32.2. The van der Waals surface area contributed by atoms with Gasteiger partial charge in [-0.1, -0.05) is 12.1 Å². The van der Waals surface area contributed by atoms with Crippen molar-refractivity contribution in [1.82, 2.24) is 14.5 Å². The van der Waals surface area contributed by atoms with E-state index in [9.17, 15) is 13.2 Å². The Morgan fingerprint density at radius 1 is 1.22 bits per heavy atom. The SMILES string of the molecule is O=c1cc2c(nn1C1COCC1N=C1NS(=O)(=O)c3ccccc31)CCC2. The van der Waals surface area contributed by atoms with Crippen molar-refractivity contribution in [3.8, 4) is 0 Å². The molecular formula is C18H18N4O4S. The van der Waals surface area contributed by atoms with Gasteiger partial charge in [0.05, 0.1) is 23.8 Å². The summed E-state index contributed by atoms with van der Waals surface area (Å²) in [4.78, 5) is 17.4. The lowest BCUT2D eigenvalue weighted by molar-refractivity contribution is 0.182. The van der Waals surface area contributed by atoms with Gasteiger partial charge < -0.3 is 4.74 Å². The number of amidine groups is 1. The fourth-order valence-corrected chi connectivity index (χ4v) is 5.18. The third kappa shape index (κ3) is 2.69. The Morgan fingerprint density at radius 2 is 2.07 bits per heavy atom. The van der Waals surface area contributed by atoms with Crippen LogP contribution < -0.4 is 10.3 Å². The summed E-state index contributed by atoms with van der Waals surface area (Å²) in [7, 11) is -3.60. The first-order chi connectivity index (χ1) is 13.0. The van der Waals surface area contributed by atoms with E-state index in [0.717, 1.165) is 30.5 Å². The molecule has 2 atom stereocenters. The Hall–Kier alpha value is -2.52. The fourth-order valence-electron chi connectivity index (χ4n) is 3.94. The highest BCUT2D eigenvalue weighted by molar-refractivity contribution is 7.90. The highest BCUT2D eigenvalue weighted by Crippen LogP contribution is 2.27. The number of hydrogen-bond acceptors (Lipinski definition) is 6. The minimum atomic E-state index is -3.60. The molecule has 1 aromatic carbocycles. The predicted molar refractivity (Wildman–Crippen MR) is 97.5 cm³/mol. The molecule has 0 radical (unpaired) electrons. The first-order valence-electron chi connectivity index (χ1n) is 8.92. The molecule has 27 heavy (non-hydrogen) atoms. The second-order valence-corrected chi connectivity index (χ2v) is 8.65. The normalized spacial score (nSPS) is 26.7. The minimum absolute atomic E-state index is 0.163. The number of nitrogens with zero attached hydrogens (tertiary/aromatic N) is 3. The van der Waals surface area contributed by atoms with Gasteiger partial charge in [0.1, 0.15) is 17.9 Å². The summed E-state index contributed by atoms with van der Waals surface area (Å²) < 4.78 is 34.1. The van der Waals surface area contributed by atoms with Crippen LogP contribution in [0.1, 0.15) is 29.3 Å². The molecule has 1 aromatic heterocycles. The lowest BCUT2D eigenvalue weighted by Gasteiger charge is -2.17. The molecule has 3 aliphatic rings. The van der Waals surface area contributed by atoms with E-state index in [2.05, 4.69) is 14.8 Å². The number of rotatable bonds is 2. The van der Waals surface area contributed by atoms with Crippen LogP contribution in [-0.2, 0) is 27.6 Å². The molecule has 2 aromatic rings. The number of fused-ring (bicyclic) bond motifs is 2. The molecule has 9 heteroatoms. The molecular weight excluding hydrogens is 368 g/mol. The van der Waals surface area contributed by atoms with Crippen LogP contribution >= 0.6 is 0 Å². The maximum atomic E-state index is 12.5. The lowest BCUT2D eigenvalue weighted by atomic mass is 10.1. The first kappa shape index (κ1) is 16.6. The topological polar surface area (TPSA) is 103 Å². The van der Waals surface area contributed by atoms with E-state index in [-0.39, 0.29) is 16.5 Å². The molecule has 3 heterocycles. The Labute approximate surface area is 155 Å². The van der Waals surface area contributed by atoms with Gasteiger partial charge in [0.15, 0.2) is 0 Å². The molecule has 1 fully saturated rings. The van der Waals surface area contributed by atoms with Crippen molar-refractivity contribution in [1.29, 1.82) is 0 Å². The molecule has 2 aliphatic heterocycles. The van der Waals surface area contributed by atoms with Gasteiger partial charge in [0.2, 0.25) is 0 Å². The van der Waals surface area contributed by atoms with Crippen LogP contribution in [0.4, 0.5) is 0 Å². The van der Waals surface area contributed by atoms with Gasteiger partial charge in [0, 0.05) is 11.6 Å². The van der Waals surface area contributed by atoms with E-state index in [1.165, 1.54) is 4.68 Å². The summed E-state index contributed by atoms with van der Waals surface area (Å²) in [5.74, 6) is 0.292. The molecule has 5 rings (SSSR count). The first-order valence-corrected chi connectivity index (χ1v) is 10.4. The predicted octanol–water partition coefficient (Wildman–Crippen LogP) is 0.411. The lowest BCUT2D eigenvalue weighted by Crippen LogP contribution is -2.35. The van der Waals surface area contributed by atoms with Crippen molar-refractivity contribution in [3.63, 3.8) is 0 Å². The largest absolute Gasteiger partial charge is 0.377 e. The van der Waals surface area contributed by atoms with Crippen molar-refractivity contribution in [2.24, 2.45) is 4.99 Å². The van der Waals surface area contributed by atoms with E-state index >= 15 is 0 Å². The molecule has 140 valence electrons. The summed E-state index contributed by atoms with van der Waals surface area (Å²) in [5.41, 5.74) is 2.36. The van der Waals surface area contributed by atoms with Gasteiger partial charge >= 0.3 is 0 Å². The quantitative estimate of drug-likeness (QED) is 0.805. The summed E-state index contributed by atoms with van der Waals surface area (Å²) in [5, 5.41) is 4.55. The summed E-state index contributed by atoms with van der Waals surface area (Å²) in [6, 6.07) is 7.63. The second-order valence-electron chi connectivity index (χ2n) is 7.00. The van der Waals surface area contributed by atoms with Gasteiger partial charge in [0.25, 0.3) is 15.6 Å². The van der Waals surface area contributed by atoms with Crippen molar-refractivity contribution >= 4 is 15.9 Å². The van der Waals surface area contributed by atoms with Crippen molar-refractivity contribution in [2.75, 3.05) is 13.2 Å². The summed E-state index contributed by atoms with van der Waals surface area (Å²) in [6.45, 7) is 0.630. The zero-order valence-electron chi connectivity index (χ0n) is 14.5. The molecule has 2 unspecified atom stereocenters. The Morgan fingerprint density at radius 3 is 2.96 bits per heavy atom. The van der Waals surface area contributed by atoms with Crippen LogP contribution in [0.15, 0.2) is 45.0 Å². The monoisotopic (exact) mass is 386 g/mol.